The highest BCUT2D eigenvalue weighted by atomic mass is 16.8. The van der Waals surface area contributed by atoms with E-state index in [0.717, 1.165) is 0 Å². The van der Waals surface area contributed by atoms with E-state index < -0.39 is 29.9 Å². The molecule has 6 nitrogen and oxygen atoms in total. The molecule has 0 aromatic carbocycles. The summed E-state index contributed by atoms with van der Waals surface area (Å²) in [6.45, 7) is 7.19. The minimum Gasteiger partial charge on any atom is -0.394 e. The van der Waals surface area contributed by atoms with Crippen LogP contribution in [0.1, 0.15) is 27.7 Å². The van der Waals surface area contributed by atoms with Gasteiger partial charge in [-0.15, -0.1) is 0 Å². The van der Waals surface area contributed by atoms with E-state index in [1.807, 2.05) is 13.8 Å². The lowest BCUT2D eigenvalue weighted by Gasteiger charge is -2.25. The van der Waals surface area contributed by atoms with Gasteiger partial charge in [-0.1, -0.05) is 0 Å². The topological polar surface area (TPSA) is 77.4 Å². The molecule has 2 saturated heterocycles. The third kappa shape index (κ3) is 2.84. The third-order valence-electron chi connectivity index (χ3n) is 3.13. The molecule has 2 N–H and O–H groups in total. The van der Waals surface area contributed by atoms with Gasteiger partial charge in [-0.05, 0) is 27.7 Å². The van der Waals surface area contributed by atoms with Gasteiger partial charge in [0.05, 0.1) is 13.2 Å². The van der Waals surface area contributed by atoms with E-state index in [4.69, 9.17) is 24.1 Å². The first kappa shape index (κ1) is 14.2. The van der Waals surface area contributed by atoms with Crippen molar-refractivity contribution in [1.29, 1.82) is 0 Å². The maximum atomic E-state index is 9.80. The predicted molar refractivity (Wildman–Crippen MR) is 61.8 cm³/mol. The molecule has 0 spiro atoms. The molecular formula is C12H22O6. The molecule has 18 heavy (non-hydrogen) atoms. The fourth-order valence-electron chi connectivity index (χ4n) is 2.38. The van der Waals surface area contributed by atoms with Crippen LogP contribution in [0.3, 0.4) is 0 Å². The predicted octanol–water partition coefficient (Wildman–Crippen LogP) is 0.0112. The van der Waals surface area contributed by atoms with Crippen LogP contribution >= 0.6 is 0 Å². The number of hydrogen-bond donors (Lipinski definition) is 2. The zero-order valence-electron chi connectivity index (χ0n) is 11.3. The molecule has 2 fully saturated rings. The Morgan fingerprint density at radius 3 is 2.28 bits per heavy atom. The summed E-state index contributed by atoms with van der Waals surface area (Å²) in [7, 11) is 0. The second-order valence-corrected chi connectivity index (χ2v) is 5.68. The van der Waals surface area contributed by atoms with Crippen LogP contribution < -0.4 is 0 Å². The fourth-order valence-corrected chi connectivity index (χ4v) is 2.38. The lowest BCUT2D eigenvalue weighted by atomic mass is 10.0. The second-order valence-electron chi connectivity index (χ2n) is 5.68. The Hall–Kier alpha value is -0.240. The van der Waals surface area contributed by atoms with E-state index in [0.29, 0.717) is 6.61 Å². The summed E-state index contributed by atoms with van der Waals surface area (Å²) in [5.74, 6) is -1.46. The molecule has 2 aliphatic heterocycles. The van der Waals surface area contributed by atoms with Crippen molar-refractivity contribution in [2.24, 2.45) is 0 Å². The summed E-state index contributed by atoms with van der Waals surface area (Å²) >= 11 is 0. The molecular weight excluding hydrogens is 240 g/mol. The van der Waals surface area contributed by atoms with Gasteiger partial charge in [-0.25, -0.2) is 0 Å². The molecule has 2 aliphatic rings. The van der Waals surface area contributed by atoms with E-state index in [1.165, 1.54) is 0 Å². The molecule has 0 bridgehead atoms. The molecule has 0 unspecified atom stereocenters. The van der Waals surface area contributed by atoms with Crippen molar-refractivity contribution in [1.82, 2.24) is 0 Å². The highest BCUT2D eigenvalue weighted by Gasteiger charge is 2.51. The quantitative estimate of drug-likeness (QED) is 0.746. The van der Waals surface area contributed by atoms with E-state index in [1.54, 1.807) is 13.8 Å². The summed E-state index contributed by atoms with van der Waals surface area (Å²) in [5.41, 5.74) is 0. The van der Waals surface area contributed by atoms with E-state index >= 15 is 0 Å². The molecule has 2 rings (SSSR count). The first-order valence-electron chi connectivity index (χ1n) is 6.20. The zero-order valence-corrected chi connectivity index (χ0v) is 11.3. The zero-order chi connectivity index (χ0) is 13.6. The van der Waals surface area contributed by atoms with Crippen molar-refractivity contribution in [2.75, 3.05) is 13.2 Å². The van der Waals surface area contributed by atoms with Crippen LogP contribution in [0.15, 0.2) is 0 Å². The van der Waals surface area contributed by atoms with Crippen molar-refractivity contribution in [3.8, 4) is 0 Å². The van der Waals surface area contributed by atoms with Crippen molar-refractivity contribution < 1.29 is 29.2 Å². The Labute approximate surface area is 107 Å². The lowest BCUT2D eigenvalue weighted by Crippen LogP contribution is -2.45. The molecule has 4 atom stereocenters. The summed E-state index contributed by atoms with van der Waals surface area (Å²) in [4.78, 5) is 0. The normalized spacial score (nSPS) is 40.0. The monoisotopic (exact) mass is 262 g/mol. The average molecular weight is 262 g/mol. The van der Waals surface area contributed by atoms with Crippen LogP contribution in [-0.2, 0) is 18.9 Å². The number of aliphatic hydroxyl groups excluding tert-OH is 2. The largest absolute Gasteiger partial charge is 0.394 e. The maximum absolute atomic E-state index is 9.80. The first-order valence-corrected chi connectivity index (χ1v) is 6.20. The molecule has 0 aromatic heterocycles. The molecule has 0 radical (unpaired) electrons. The van der Waals surface area contributed by atoms with Gasteiger partial charge >= 0.3 is 0 Å². The highest BCUT2D eigenvalue weighted by Crippen LogP contribution is 2.36. The van der Waals surface area contributed by atoms with Gasteiger partial charge in [0.15, 0.2) is 11.6 Å². The van der Waals surface area contributed by atoms with Gasteiger partial charge in [-0.2, -0.15) is 0 Å². The summed E-state index contributed by atoms with van der Waals surface area (Å²) in [6.07, 6.45) is -2.38. The first-order chi connectivity index (χ1) is 8.24. The number of hydrogen-bond acceptors (Lipinski definition) is 6. The molecule has 0 saturated carbocycles. The second kappa shape index (κ2) is 4.70. The minimum atomic E-state index is -0.996. The molecule has 2 heterocycles. The Balaban J connectivity index is 2.10. The molecule has 0 aromatic rings. The fraction of sp³-hybridized carbons (Fsp3) is 1.00. The molecule has 106 valence electrons. The van der Waals surface area contributed by atoms with Crippen molar-refractivity contribution >= 4 is 0 Å². The summed E-state index contributed by atoms with van der Waals surface area (Å²) in [6, 6.07) is 0. The number of aliphatic hydroxyl groups is 2. The lowest BCUT2D eigenvalue weighted by molar-refractivity contribution is -0.175. The Kier molecular flexibility index (Phi) is 3.70. The van der Waals surface area contributed by atoms with E-state index in [-0.39, 0.29) is 12.7 Å². The standard InChI is InChI=1S/C12H22O6/c1-11(2)15-6-8(16-11)10-9(7(14)5-13)17-12(3,4)18-10/h7-10,13-14H,5-6H2,1-4H3/t7-,8-,9-,10+/m1/s1. The average Bonchev–Trinajstić information content (AvgIpc) is 2.77. The summed E-state index contributed by atoms with van der Waals surface area (Å²) in [5, 5.41) is 18.9. The van der Waals surface area contributed by atoms with Crippen LogP contribution in [0.25, 0.3) is 0 Å². The van der Waals surface area contributed by atoms with Crippen molar-refractivity contribution in [3.05, 3.63) is 0 Å². The Morgan fingerprint density at radius 1 is 1.11 bits per heavy atom. The van der Waals surface area contributed by atoms with Crippen molar-refractivity contribution in [3.63, 3.8) is 0 Å². The Bertz CT molecular complexity index is 303. The SMILES string of the molecule is CC1(C)O[C@@H]([C@H]2COC(C)(C)O2)[C@@H]([C@H](O)CO)O1. The van der Waals surface area contributed by atoms with E-state index in [9.17, 15) is 5.11 Å². The van der Waals surface area contributed by atoms with Crippen LogP contribution in [0, 0.1) is 0 Å². The van der Waals surface area contributed by atoms with Gasteiger partial charge < -0.3 is 29.2 Å². The Morgan fingerprint density at radius 2 is 1.78 bits per heavy atom. The minimum absolute atomic E-state index is 0.312. The van der Waals surface area contributed by atoms with Gasteiger partial charge in [0.1, 0.15) is 24.4 Å². The van der Waals surface area contributed by atoms with Gasteiger partial charge in [0.2, 0.25) is 0 Å². The van der Waals surface area contributed by atoms with Crippen LogP contribution in [0.2, 0.25) is 0 Å². The van der Waals surface area contributed by atoms with Crippen LogP contribution in [0.5, 0.6) is 0 Å². The van der Waals surface area contributed by atoms with Crippen molar-refractivity contribution in [2.45, 2.75) is 63.7 Å². The molecule has 6 heteroatoms. The molecule has 0 aliphatic carbocycles. The van der Waals surface area contributed by atoms with Gasteiger partial charge in [-0.3, -0.25) is 0 Å². The van der Waals surface area contributed by atoms with Gasteiger partial charge in [0, 0.05) is 0 Å². The molecule has 0 amide bonds. The number of rotatable bonds is 3. The van der Waals surface area contributed by atoms with Gasteiger partial charge in [0.25, 0.3) is 0 Å². The third-order valence-corrected chi connectivity index (χ3v) is 3.13. The smallest absolute Gasteiger partial charge is 0.164 e. The maximum Gasteiger partial charge on any atom is 0.164 e. The van der Waals surface area contributed by atoms with Crippen LogP contribution in [-0.4, -0.2) is 59.4 Å². The summed E-state index contributed by atoms with van der Waals surface area (Å²) < 4.78 is 22.6. The highest BCUT2D eigenvalue weighted by molar-refractivity contribution is 4.93. The van der Waals surface area contributed by atoms with Crippen LogP contribution in [0.4, 0.5) is 0 Å². The van der Waals surface area contributed by atoms with E-state index in [2.05, 4.69) is 0 Å². The number of ether oxygens (including phenoxy) is 4.